The van der Waals surface area contributed by atoms with E-state index in [0.717, 1.165) is 29.4 Å². The fraction of sp³-hybridized carbons (Fsp3) is 0.318. The molecule has 8 heteroatoms. The van der Waals surface area contributed by atoms with Crippen LogP contribution in [0.5, 0.6) is 0 Å². The van der Waals surface area contributed by atoms with E-state index in [9.17, 15) is 18.8 Å². The third kappa shape index (κ3) is 3.77. The highest BCUT2D eigenvalue weighted by molar-refractivity contribution is 6.32. The number of amides is 4. The van der Waals surface area contributed by atoms with Gasteiger partial charge in [-0.2, -0.15) is 0 Å². The molecule has 2 unspecified atom stereocenters. The molecular formula is C22H21ClFN3O3. The molecule has 1 aliphatic heterocycles. The molecule has 6 nitrogen and oxygen atoms in total. The molecule has 2 aromatic carbocycles. The summed E-state index contributed by atoms with van der Waals surface area (Å²) in [5, 5.41) is 5.57. The van der Waals surface area contributed by atoms with Crippen molar-refractivity contribution in [2.24, 2.45) is 5.92 Å². The lowest BCUT2D eigenvalue weighted by Crippen LogP contribution is -2.44. The molecule has 2 atom stereocenters. The second kappa shape index (κ2) is 7.72. The Morgan fingerprint density at radius 2 is 1.97 bits per heavy atom. The van der Waals surface area contributed by atoms with Gasteiger partial charge < -0.3 is 10.6 Å². The Balaban J connectivity index is 1.50. The Morgan fingerprint density at radius 1 is 1.27 bits per heavy atom. The number of carbonyl (C=O) groups is 3. The lowest BCUT2D eigenvalue weighted by molar-refractivity contribution is -0.135. The van der Waals surface area contributed by atoms with Crippen LogP contribution in [-0.2, 0) is 15.1 Å². The molecule has 1 saturated carbocycles. The number of benzene rings is 2. The highest BCUT2D eigenvalue weighted by Gasteiger charge is 2.50. The van der Waals surface area contributed by atoms with Gasteiger partial charge in [0.15, 0.2) is 0 Å². The maximum absolute atomic E-state index is 13.4. The average Bonchev–Trinajstić information content (AvgIpc) is 3.52. The lowest BCUT2D eigenvalue weighted by atomic mass is 9.92. The van der Waals surface area contributed by atoms with Crippen molar-refractivity contribution in [1.82, 2.24) is 15.5 Å². The minimum Gasteiger partial charge on any atom is -0.347 e. The molecule has 2 aliphatic rings. The second-order valence-electron chi connectivity index (χ2n) is 7.86. The summed E-state index contributed by atoms with van der Waals surface area (Å²) in [5.74, 6) is -1.23. The Bertz CT molecular complexity index is 1010. The lowest BCUT2D eigenvalue weighted by Gasteiger charge is -2.24. The number of hydrogen-bond acceptors (Lipinski definition) is 3. The predicted molar refractivity (Wildman–Crippen MR) is 109 cm³/mol. The first-order chi connectivity index (χ1) is 14.3. The van der Waals surface area contributed by atoms with E-state index in [4.69, 9.17) is 11.6 Å². The number of nitrogens with one attached hydrogen (secondary N) is 2. The Hall–Kier alpha value is -2.93. The van der Waals surface area contributed by atoms with Crippen molar-refractivity contribution in [1.29, 1.82) is 0 Å². The Labute approximate surface area is 178 Å². The molecule has 0 aromatic heterocycles. The second-order valence-corrected chi connectivity index (χ2v) is 8.27. The first kappa shape index (κ1) is 20.3. The van der Waals surface area contributed by atoms with Crippen LogP contribution in [0.4, 0.5) is 9.18 Å². The summed E-state index contributed by atoms with van der Waals surface area (Å²) < 4.78 is 13.4. The molecule has 0 radical (unpaired) electrons. The maximum atomic E-state index is 13.4. The van der Waals surface area contributed by atoms with E-state index in [1.54, 1.807) is 0 Å². The van der Waals surface area contributed by atoms with E-state index in [2.05, 4.69) is 10.6 Å². The van der Waals surface area contributed by atoms with Crippen LogP contribution < -0.4 is 10.6 Å². The summed E-state index contributed by atoms with van der Waals surface area (Å²) in [5.41, 5.74) is -0.210. The zero-order chi connectivity index (χ0) is 21.5. The van der Waals surface area contributed by atoms with Crippen LogP contribution >= 0.6 is 11.6 Å². The van der Waals surface area contributed by atoms with Crippen molar-refractivity contribution in [3.8, 4) is 0 Å². The number of hydrogen-bond donors (Lipinski definition) is 2. The van der Waals surface area contributed by atoms with Crippen LogP contribution in [-0.4, -0.2) is 29.3 Å². The molecule has 2 aromatic rings. The molecule has 156 valence electrons. The van der Waals surface area contributed by atoms with Crippen LogP contribution in [0.2, 0.25) is 5.02 Å². The van der Waals surface area contributed by atoms with Gasteiger partial charge in [-0.05, 0) is 43.4 Å². The summed E-state index contributed by atoms with van der Waals surface area (Å²) >= 11 is 6.10. The van der Waals surface area contributed by atoms with Gasteiger partial charge in [0.25, 0.3) is 5.91 Å². The van der Waals surface area contributed by atoms with E-state index in [1.807, 2.05) is 30.3 Å². The minimum atomic E-state index is -1.47. The van der Waals surface area contributed by atoms with Crippen molar-refractivity contribution >= 4 is 29.4 Å². The smallest absolute Gasteiger partial charge is 0.325 e. The van der Waals surface area contributed by atoms with Gasteiger partial charge in [0.2, 0.25) is 5.91 Å². The fourth-order valence-corrected chi connectivity index (χ4v) is 4.20. The summed E-state index contributed by atoms with van der Waals surface area (Å²) in [7, 11) is 0. The molecule has 2 N–H and O–H groups in total. The summed E-state index contributed by atoms with van der Waals surface area (Å²) in [4.78, 5) is 39.1. The summed E-state index contributed by atoms with van der Waals surface area (Å²) in [6.07, 6.45) is 2.04. The van der Waals surface area contributed by atoms with Crippen molar-refractivity contribution in [3.05, 3.63) is 70.5 Å². The molecular weight excluding hydrogens is 409 g/mol. The van der Waals surface area contributed by atoms with Gasteiger partial charge in [0.05, 0.1) is 6.04 Å². The molecule has 30 heavy (non-hydrogen) atoms. The van der Waals surface area contributed by atoms with Gasteiger partial charge in [-0.15, -0.1) is 0 Å². The number of urea groups is 1. The van der Waals surface area contributed by atoms with Crippen LogP contribution in [0.3, 0.4) is 0 Å². The van der Waals surface area contributed by atoms with Crippen molar-refractivity contribution in [2.45, 2.75) is 31.3 Å². The standard InChI is InChI=1S/C22H21ClFN3O3/c1-22(16-10-9-15(24)11-17(16)23)20(29)27(21(30)26-22)12-18(28)25-19(14-7-8-14)13-5-3-2-4-6-13/h2-6,9-11,14,19H,7-8,12H2,1H3,(H,25,28)(H,26,30). The average molecular weight is 430 g/mol. The topological polar surface area (TPSA) is 78.5 Å². The van der Waals surface area contributed by atoms with Crippen LogP contribution in [0.15, 0.2) is 48.5 Å². The SMILES string of the molecule is CC1(c2ccc(F)cc2Cl)NC(=O)N(CC(=O)NC(c2ccccc2)C2CC2)C1=O. The van der Waals surface area contributed by atoms with Gasteiger partial charge in [-0.1, -0.05) is 48.0 Å². The Kier molecular flexibility index (Phi) is 5.24. The number of rotatable bonds is 6. The highest BCUT2D eigenvalue weighted by atomic mass is 35.5. The van der Waals surface area contributed by atoms with E-state index in [1.165, 1.54) is 19.1 Å². The molecule has 1 aliphatic carbocycles. The van der Waals surface area contributed by atoms with E-state index in [-0.39, 0.29) is 16.6 Å². The van der Waals surface area contributed by atoms with Crippen molar-refractivity contribution < 1.29 is 18.8 Å². The van der Waals surface area contributed by atoms with Gasteiger partial charge in [0, 0.05) is 10.6 Å². The Morgan fingerprint density at radius 3 is 2.60 bits per heavy atom. The molecule has 4 amide bonds. The summed E-state index contributed by atoms with van der Waals surface area (Å²) in [6, 6.07) is 12.4. The number of imide groups is 1. The van der Waals surface area contributed by atoms with Gasteiger partial charge in [-0.3, -0.25) is 14.5 Å². The third-order valence-electron chi connectivity index (χ3n) is 5.62. The molecule has 2 fully saturated rings. The molecule has 0 spiro atoms. The van der Waals surface area contributed by atoms with Gasteiger partial charge in [0.1, 0.15) is 17.9 Å². The minimum absolute atomic E-state index is 0.0235. The molecule has 0 bridgehead atoms. The van der Waals surface area contributed by atoms with Gasteiger partial charge >= 0.3 is 6.03 Å². The zero-order valence-corrected chi connectivity index (χ0v) is 17.1. The van der Waals surface area contributed by atoms with E-state index in [0.29, 0.717) is 5.92 Å². The first-order valence-electron chi connectivity index (χ1n) is 9.73. The first-order valence-corrected chi connectivity index (χ1v) is 10.1. The fourth-order valence-electron chi connectivity index (χ4n) is 3.84. The summed E-state index contributed by atoms with van der Waals surface area (Å²) in [6.45, 7) is 1.08. The van der Waals surface area contributed by atoms with Crippen molar-refractivity contribution in [2.75, 3.05) is 6.54 Å². The quantitative estimate of drug-likeness (QED) is 0.690. The third-order valence-corrected chi connectivity index (χ3v) is 5.93. The number of carbonyl (C=O) groups excluding carboxylic acids is 3. The molecule has 1 saturated heterocycles. The van der Waals surface area contributed by atoms with Crippen LogP contribution in [0.25, 0.3) is 0 Å². The van der Waals surface area contributed by atoms with E-state index >= 15 is 0 Å². The van der Waals surface area contributed by atoms with E-state index < -0.39 is 35.7 Å². The monoisotopic (exact) mass is 429 g/mol. The highest BCUT2D eigenvalue weighted by Crippen LogP contribution is 2.41. The normalized spacial score (nSPS) is 22.0. The van der Waals surface area contributed by atoms with Crippen LogP contribution in [0, 0.1) is 11.7 Å². The molecule has 4 rings (SSSR count). The number of halogens is 2. The predicted octanol–water partition coefficient (Wildman–Crippen LogP) is 3.51. The van der Waals surface area contributed by atoms with Gasteiger partial charge in [-0.25, -0.2) is 9.18 Å². The zero-order valence-electron chi connectivity index (χ0n) is 16.3. The molecule has 1 heterocycles. The van der Waals surface area contributed by atoms with Crippen molar-refractivity contribution in [3.63, 3.8) is 0 Å². The largest absolute Gasteiger partial charge is 0.347 e. The van der Waals surface area contributed by atoms with Crippen LogP contribution in [0.1, 0.15) is 36.9 Å². The number of nitrogens with zero attached hydrogens (tertiary/aromatic N) is 1. The maximum Gasteiger partial charge on any atom is 0.325 e.